The monoisotopic (exact) mass is 301 g/mol. The van der Waals surface area contributed by atoms with Crippen LogP contribution in [0.5, 0.6) is 5.75 Å². The highest BCUT2D eigenvalue weighted by atomic mass is 35.5. The summed E-state index contributed by atoms with van der Waals surface area (Å²) in [5.41, 5.74) is 4.63. The maximum atomic E-state index is 6.10. The highest BCUT2D eigenvalue weighted by Gasteiger charge is 2.31. The molecule has 2 aromatic carbocycles. The summed E-state index contributed by atoms with van der Waals surface area (Å²) in [7, 11) is 0. The fourth-order valence-electron chi connectivity index (χ4n) is 2.79. The number of benzene rings is 2. The maximum Gasteiger partial charge on any atom is 0.128 e. The van der Waals surface area contributed by atoms with Crippen LogP contribution in [-0.4, -0.2) is 5.60 Å². The molecule has 3 heteroatoms. The van der Waals surface area contributed by atoms with Crippen molar-refractivity contribution in [2.24, 2.45) is 0 Å². The van der Waals surface area contributed by atoms with Gasteiger partial charge in [0.15, 0.2) is 0 Å². The van der Waals surface area contributed by atoms with Crippen molar-refractivity contribution in [3.8, 4) is 5.75 Å². The lowest BCUT2D eigenvalue weighted by Crippen LogP contribution is -2.25. The van der Waals surface area contributed by atoms with Crippen LogP contribution >= 0.6 is 11.6 Å². The van der Waals surface area contributed by atoms with Gasteiger partial charge in [0.05, 0.1) is 0 Å². The van der Waals surface area contributed by atoms with Crippen LogP contribution in [0.4, 0.5) is 5.69 Å². The number of halogens is 1. The molecule has 0 atom stereocenters. The van der Waals surface area contributed by atoms with Gasteiger partial charge >= 0.3 is 0 Å². The summed E-state index contributed by atoms with van der Waals surface area (Å²) >= 11 is 6.07. The summed E-state index contributed by atoms with van der Waals surface area (Å²) in [5, 5.41) is 4.21. The van der Waals surface area contributed by atoms with Crippen molar-refractivity contribution in [1.29, 1.82) is 0 Å². The standard InChI is InChI=1S/C18H20ClNO/c1-12-7-8-15(19)9-16(12)20-11-14-6-4-5-13-10-18(2,3)21-17(13)14/h4-9,20H,10-11H2,1-3H3. The van der Waals surface area contributed by atoms with Crippen molar-refractivity contribution in [3.63, 3.8) is 0 Å². The summed E-state index contributed by atoms with van der Waals surface area (Å²) in [6, 6.07) is 12.3. The minimum atomic E-state index is -0.107. The maximum absolute atomic E-state index is 6.10. The van der Waals surface area contributed by atoms with E-state index in [1.54, 1.807) is 0 Å². The Morgan fingerprint density at radius 3 is 2.86 bits per heavy atom. The molecule has 0 spiro atoms. The second-order valence-corrected chi connectivity index (χ2v) is 6.69. The van der Waals surface area contributed by atoms with Crippen LogP contribution in [0.3, 0.4) is 0 Å². The zero-order chi connectivity index (χ0) is 15.0. The van der Waals surface area contributed by atoms with Crippen LogP contribution in [0.25, 0.3) is 0 Å². The van der Waals surface area contributed by atoms with Crippen LogP contribution in [-0.2, 0) is 13.0 Å². The molecule has 2 nitrogen and oxygen atoms in total. The van der Waals surface area contributed by atoms with E-state index in [9.17, 15) is 0 Å². The first kappa shape index (κ1) is 14.3. The van der Waals surface area contributed by atoms with Gasteiger partial charge < -0.3 is 10.1 Å². The van der Waals surface area contributed by atoms with Gasteiger partial charge in [0, 0.05) is 29.2 Å². The largest absolute Gasteiger partial charge is 0.487 e. The summed E-state index contributed by atoms with van der Waals surface area (Å²) < 4.78 is 6.10. The average Bonchev–Trinajstić information content (AvgIpc) is 2.74. The third kappa shape index (κ3) is 3.01. The van der Waals surface area contributed by atoms with E-state index in [2.05, 4.69) is 44.3 Å². The molecule has 21 heavy (non-hydrogen) atoms. The van der Waals surface area contributed by atoms with Gasteiger partial charge in [0.1, 0.15) is 11.4 Å². The molecule has 3 rings (SSSR count). The lowest BCUT2D eigenvalue weighted by molar-refractivity contribution is 0.137. The smallest absolute Gasteiger partial charge is 0.128 e. The van der Waals surface area contributed by atoms with Crippen molar-refractivity contribution in [2.75, 3.05) is 5.32 Å². The number of ether oxygens (including phenoxy) is 1. The Morgan fingerprint density at radius 1 is 1.24 bits per heavy atom. The highest BCUT2D eigenvalue weighted by Crippen LogP contribution is 2.37. The van der Waals surface area contributed by atoms with E-state index in [0.717, 1.165) is 29.4 Å². The molecular formula is C18H20ClNO. The molecule has 0 aliphatic carbocycles. The number of anilines is 1. The van der Waals surface area contributed by atoms with E-state index in [0.29, 0.717) is 0 Å². The fraction of sp³-hybridized carbons (Fsp3) is 0.333. The van der Waals surface area contributed by atoms with Crippen molar-refractivity contribution < 1.29 is 4.74 Å². The van der Waals surface area contributed by atoms with Gasteiger partial charge in [-0.05, 0) is 44.0 Å². The van der Waals surface area contributed by atoms with Crippen molar-refractivity contribution in [3.05, 3.63) is 58.1 Å². The lowest BCUT2D eigenvalue weighted by Gasteiger charge is -2.18. The molecule has 0 radical (unpaired) electrons. The van der Waals surface area contributed by atoms with E-state index in [1.165, 1.54) is 16.7 Å². The minimum absolute atomic E-state index is 0.107. The Bertz CT molecular complexity index is 679. The van der Waals surface area contributed by atoms with E-state index >= 15 is 0 Å². The summed E-state index contributed by atoms with van der Waals surface area (Å²) in [6.45, 7) is 7.07. The number of nitrogens with one attached hydrogen (secondary N) is 1. The fourth-order valence-corrected chi connectivity index (χ4v) is 2.97. The first-order valence-corrected chi connectivity index (χ1v) is 7.62. The Hall–Kier alpha value is -1.67. The molecule has 0 amide bonds. The number of para-hydroxylation sites is 1. The van der Waals surface area contributed by atoms with Gasteiger partial charge in [-0.2, -0.15) is 0 Å². The molecule has 1 aliphatic rings. The second kappa shape index (κ2) is 5.27. The summed E-state index contributed by atoms with van der Waals surface area (Å²) in [5.74, 6) is 1.04. The molecule has 0 fully saturated rings. The topological polar surface area (TPSA) is 21.3 Å². The average molecular weight is 302 g/mol. The molecule has 0 unspecified atom stereocenters. The third-order valence-corrected chi connectivity index (χ3v) is 4.08. The molecule has 0 saturated heterocycles. The van der Waals surface area contributed by atoms with Crippen LogP contribution in [0, 0.1) is 6.92 Å². The molecule has 0 saturated carbocycles. The van der Waals surface area contributed by atoms with Crippen molar-refractivity contribution in [1.82, 2.24) is 0 Å². The quantitative estimate of drug-likeness (QED) is 0.864. The molecule has 110 valence electrons. The second-order valence-electron chi connectivity index (χ2n) is 6.26. The molecule has 1 heterocycles. The van der Waals surface area contributed by atoms with Crippen LogP contribution < -0.4 is 10.1 Å². The van der Waals surface area contributed by atoms with Crippen LogP contribution in [0.2, 0.25) is 5.02 Å². The van der Waals surface area contributed by atoms with E-state index in [4.69, 9.17) is 16.3 Å². The van der Waals surface area contributed by atoms with Gasteiger partial charge in [0.2, 0.25) is 0 Å². The normalized spacial score (nSPS) is 15.4. The van der Waals surface area contributed by atoms with E-state index in [1.807, 2.05) is 18.2 Å². The van der Waals surface area contributed by atoms with Crippen LogP contribution in [0.1, 0.15) is 30.5 Å². The number of hydrogen-bond acceptors (Lipinski definition) is 2. The first-order chi connectivity index (χ1) is 9.94. The predicted octanol–water partition coefficient (Wildman–Crippen LogP) is 4.97. The zero-order valence-corrected chi connectivity index (χ0v) is 13.4. The first-order valence-electron chi connectivity index (χ1n) is 7.24. The number of aryl methyl sites for hydroxylation is 1. The Kier molecular flexibility index (Phi) is 3.58. The molecular weight excluding hydrogens is 282 g/mol. The van der Waals surface area contributed by atoms with Crippen molar-refractivity contribution in [2.45, 2.75) is 39.3 Å². The highest BCUT2D eigenvalue weighted by molar-refractivity contribution is 6.30. The number of hydrogen-bond donors (Lipinski definition) is 1. The van der Waals surface area contributed by atoms with E-state index in [-0.39, 0.29) is 5.60 Å². The Balaban J connectivity index is 1.81. The van der Waals surface area contributed by atoms with Gasteiger partial charge in [-0.1, -0.05) is 35.9 Å². The predicted molar refractivity (Wildman–Crippen MR) is 88.4 cm³/mol. The molecule has 0 aromatic heterocycles. The molecule has 2 aromatic rings. The lowest BCUT2D eigenvalue weighted by atomic mass is 10.0. The molecule has 1 N–H and O–H groups in total. The molecule has 0 bridgehead atoms. The molecule has 1 aliphatic heterocycles. The minimum Gasteiger partial charge on any atom is -0.487 e. The zero-order valence-electron chi connectivity index (χ0n) is 12.7. The van der Waals surface area contributed by atoms with Gasteiger partial charge in [0.25, 0.3) is 0 Å². The van der Waals surface area contributed by atoms with Crippen molar-refractivity contribution >= 4 is 17.3 Å². The SMILES string of the molecule is Cc1ccc(Cl)cc1NCc1cccc2c1OC(C)(C)C2. The third-order valence-electron chi connectivity index (χ3n) is 3.84. The van der Waals surface area contributed by atoms with Gasteiger partial charge in [-0.3, -0.25) is 0 Å². The number of fused-ring (bicyclic) bond motifs is 1. The van der Waals surface area contributed by atoms with Gasteiger partial charge in [-0.15, -0.1) is 0 Å². The Morgan fingerprint density at radius 2 is 2.05 bits per heavy atom. The Labute approximate surface area is 131 Å². The van der Waals surface area contributed by atoms with Crippen LogP contribution in [0.15, 0.2) is 36.4 Å². The van der Waals surface area contributed by atoms with E-state index < -0.39 is 0 Å². The van der Waals surface area contributed by atoms with Gasteiger partial charge in [-0.25, -0.2) is 0 Å². The number of rotatable bonds is 3. The summed E-state index contributed by atoms with van der Waals surface area (Å²) in [4.78, 5) is 0. The summed E-state index contributed by atoms with van der Waals surface area (Å²) in [6.07, 6.45) is 0.965.